The van der Waals surface area contributed by atoms with Gasteiger partial charge in [-0.05, 0) is 32.8 Å². The summed E-state index contributed by atoms with van der Waals surface area (Å²) in [6.45, 7) is 4.03. The van der Waals surface area contributed by atoms with Crippen LogP contribution >= 0.6 is 11.6 Å². The van der Waals surface area contributed by atoms with Crippen LogP contribution in [0.3, 0.4) is 0 Å². The van der Waals surface area contributed by atoms with Gasteiger partial charge in [-0.25, -0.2) is 15.0 Å². The molecule has 2 aromatic heterocycles. The minimum absolute atomic E-state index is 0.00865. The molecule has 0 bridgehead atoms. The van der Waals surface area contributed by atoms with Gasteiger partial charge in [0.05, 0.1) is 0 Å². The molecule has 1 aliphatic rings. The quantitative estimate of drug-likeness (QED) is 0.816. The lowest BCUT2D eigenvalue weighted by molar-refractivity contribution is -0.120. The molecule has 6 nitrogen and oxygen atoms in total. The van der Waals surface area contributed by atoms with Crippen LogP contribution in [0, 0.1) is 5.92 Å². The first-order valence-corrected chi connectivity index (χ1v) is 8.81. The number of carbonyl (C=O) groups is 1. The summed E-state index contributed by atoms with van der Waals surface area (Å²) in [5, 5.41) is 7.25. The van der Waals surface area contributed by atoms with E-state index < -0.39 is 0 Å². The van der Waals surface area contributed by atoms with Gasteiger partial charge in [-0.1, -0.05) is 30.9 Å². The van der Waals surface area contributed by atoms with Gasteiger partial charge in [-0.3, -0.25) is 10.1 Å². The SMILES string of the molecule is CC(C)Nc1nc(Cl)cc2cnc(NC(=O)C3CCCCC3)nc12. The zero-order valence-corrected chi connectivity index (χ0v) is 14.7. The van der Waals surface area contributed by atoms with Crippen molar-refractivity contribution in [1.29, 1.82) is 0 Å². The fraction of sp³-hybridized carbons (Fsp3) is 0.529. The molecule has 0 saturated heterocycles. The van der Waals surface area contributed by atoms with E-state index in [1.807, 2.05) is 13.8 Å². The standard InChI is InChI=1S/C17H22ClN5O/c1-10(2)20-15-14-12(8-13(18)21-15)9-19-17(22-14)23-16(24)11-6-4-3-5-7-11/h8-11H,3-7H2,1-2H3,(H,20,21)(H,19,22,23,24). The molecule has 1 fully saturated rings. The lowest BCUT2D eigenvalue weighted by atomic mass is 9.89. The fourth-order valence-corrected chi connectivity index (χ4v) is 3.22. The molecule has 0 atom stereocenters. The van der Waals surface area contributed by atoms with Crippen LogP contribution in [0.2, 0.25) is 5.15 Å². The van der Waals surface area contributed by atoms with E-state index >= 15 is 0 Å². The van der Waals surface area contributed by atoms with E-state index in [2.05, 4.69) is 25.6 Å². The zero-order chi connectivity index (χ0) is 17.1. The number of fused-ring (bicyclic) bond motifs is 1. The van der Waals surface area contributed by atoms with E-state index in [1.165, 1.54) is 6.42 Å². The number of aromatic nitrogens is 3. The predicted octanol–water partition coefficient (Wildman–Crippen LogP) is 4.02. The number of hydrogen-bond acceptors (Lipinski definition) is 5. The molecule has 24 heavy (non-hydrogen) atoms. The topological polar surface area (TPSA) is 79.8 Å². The van der Waals surface area contributed by atoms with E-state index in [0.29, 0.717) is 22.4 Å². The number of nitrogens with one attached hydrogen (secondary N) is 2. The molecule has 2 N–H and O–H groups in total. The summed E-state index contributed by atoms with van der Waals surface area (Å²) in [4.78, 5) is 25.4. The third-order valence-electron chi connectivity index (χ3n) is 4.17. The average Bonchev–Trinajstić information content (AvgIpc) is 2.55. The highest BCUT2D eigenvalue weighted by Crippen LogP contribution is 2.26. The van der Waals surface area contributed by atoms with Crippen molar-refractivity contribution < 1.29 is 4.79 Å². The Bertz CT molecular complexity index is 743. The van der Waals surface area contributed by atoms with Crippen molar-refractivity contribution in [1.82, 2.24) is 15.0 Å². The van der Waals surface area contributed by atoms with Crippen molar-refractivity contribution in [2.24, 2.45) is 5.92 Å². The maximum absolute atomic E-state index is 12.4. The smallest absolute Gasteiger partial charge is 0.230 e. The molecule has 3 rings (SSSR count). The summed E-state index contributed by atoms with van der Waals surface area (Å²) >= 11 is 6.06. The Morgan fingerprint density at radius 2 is 2.00 bits per heavy atom. The Morgan fingerprint density at radius 1 is 1.25 bits per heavy atom. The number of pyridine rings is 1. The van der Waals surface area contributed by atoms with Gasteiger partial charge in [0, 0.05) is 23.5 Å². The van der Waals surface area contributed by atoms with Gasteiger partial charge in [-0.15, -0.1) is 0 Å². The van der Waals surface area contributed by atoms with E-state index in [4.69, 9.17) is 11.6 Å². The van der Waals surface area contributed by atoms with Gasteiger partial charge in [0.25, 0.3) is 0 Å². The molecular weight excluding hydrogens is 326 g/mol. The predicted molar refractivity (Wildman–Crippen MR) is 96.3 cm³/mol. The third-order valence-corrected chi connectivity index (χ3v) is 4.36. The van der Waals surface area contributed by atoms with Crippen LogP contribution in [0.15, 0.2) is 12.3 Å². The fourth-order valence-electron chi connectivity index (χ4n) is 3.02. The summed E-state index contributed by atoms with van der Waals surface area (Å²) in [6, 6.07) is 1.91. The molecule has 1 aliphatic carbocycles. The van der Waals surface area contributed by atoms with Crippen LogP contribution in [0.4, 0.5) is 11.8 Å². The molecule has 2 heterocycles. The minimum atomic E-state index is 0.00865. The molecule has 128 valence electrons. The molecule has 0 aliphatic heterocycles. The third kappa shape index (κ3) is 3.93. The largest absolute Gasteiger partial charge is 0.366 e. The van der Waals surface area contributed by atoms with Crippen LogP contribution < -0.4 is 10.6 Å². The van der Waals surface area contributed by atoms with E-state index in [1.54, 1.807) is 12.3 Å². The van der Waals surface area contributed by atoms with Crippen molar-refractivity contribution in [3.05, 3.63) is 17.4 Å². The Morgan fingerprint density at radius 3 is 2.71 bits per heavy atom. The molecule has 1 saturated carbocycles. The highest BCUT2D eigenvalue weighted by atomic mass is 35.5. The molecule has 0 aromatic carbocycles. The molecule has 7 heteroatoms. The Kier molecular flexibility index (Phi) is 5.14. The van der Waals surface area contributed by atoms with Crippen LogP contribution in [0.25, 0.3) is 10.9 Å². The van der Waals surface area contributed by atoms with Gasteiger partial charge in [0.15, 0.2) is 5.82 Å². The lowest BCUT2D eigenvalue weighted by Gasteiger charge is -2.20. The Balaban J connectivity index is 1.86. The number of hydrogen-bond donors (Lipinski definition) is 2. The maximum Gasteiger partial charge on any atom is 0.230 e. The minimum Gasteiger partial charge on any atom is -0.366 e. The van der Waals surface area contributed by atoms with Gasteiger partial charge in [-0.2, -0.15) is 0 Å². The number of rotatable bonds is 4. The summed E-state index contributed by atoms with van der Waals surface area (Å²) in [6.07, 6.45) is 6.99. The zero-order valence-electron chi connectivity index (χ0n) is 14.0. The van der Waals surface area contributed by atoms with E-state index in [-0.39, 0.29) is 17.9 Å². The average molecular weight is 348 g/mol. The number of carbonyl (C=O) groups excluding carboxylic acids is 1. The van der Waals surface area contributed by atoms with Crippen molar-refractivity contribution >= 4 is 40.2 Å². The number of nitrogens with zero attached hydrogens (tertiary/aromatic N) is 3. The first-order valence-electron chi connectivity index (χ1n) is 8.43. The van der Waals surface area contributed by atoms with Crippen molar-refractivity contribution in [3.63, 3.8) is 0 Å². The van der Waals surface area contributed by atoms with Gasteiger partial charge in [0.2, 0.25) is 11.9 Å². The van der Waals surface area contributed by atoms with Crippen LogP contribution in [-0.4, -0.2) is 26.9 Å². The number of halogens is 1. The van der Waals surface area contributed by atoms with Crippen LogP contribution in [0.1, 0.15) is 46.0 Å². The van der Waals surface area contributed by atoms with Crippen LogP contribution in [0.5, 0.6) is 0 Å². The Labute approximate surface area is 146 Å². The van der Waals surface area contributed by atoms with Crippen molar-refractivity contribution in [3.8, 4) is 0 Å². The summed E-state index contributed by atoms with van der Waals surface area (Å²) in [5.41, 5.74) is 0.655. The molecule has 0 spiro atoms. The monoisotopic (exact) mass is 347 g/mol. The number of amides is 1. The summed E-state index contributed by atoms with van der Waals surface area (Å²) in [5.74, 6) is 0.987. The van der Waals surface area contributed by atoms with Gasteiger partial charge >= 0.3 is 0 Å². The second-order valence-corrected chi connectivity index (χ2v) is 6.94. The van der Waals surface area contributed by atoms with Crippen molar-refractivity contribution in [2.75, 3.05) is 10.6 Å². The van der Waals surface area contributed by atoms with Gasteiger partial charge in [0.1, 0.15) is 10.7 Å². The second kappa shape index (κ2) is 7.30. The molecule has 0 radical (unpaired) electrons. The summed E-state index contributed by atoms with van der Waals surface area (Å²) in [7, 11) is 0. The highest BCUT2D eigenvalue weighted by Gasteiger charge is 2.22. The molecular formula is C17H22ClN5O. The van der Waals surface area contributed by atoms with Crippen molar-refractivity contribution in [2.45, 2.75) is 52.0 Å². The van der Waals surface area contributed by atoms with Crippen LogP contribution in [-0.2, 0) is 4.79 Å². The maximum atomic E-state index is 12.4. The molecule has 0 unspecified atom stereocenters. The second-order valence-electron chi connectivity index (χ2n) is 6.55. The Hall–Kier alpha value is -1.95. The first kappa shape index (κ1) is 16.9. The normalized spacial score (nSPS) is 15.7. The highest BCUT2D eigenvalue weighted by molar-refractivity contribution is 6.30. The molecule has 1 amide bonds. The number of anilines is 2. The first-order chi connectivity index (χ1) is 11.5. The molecule has 2 aromatic rings. The van der Waals surface area contributed by atoms with E-state index in [9.17, 15) is 4.79 Å². The summed E-state index contributed by atoms with van der Waals surface area (Å²) < 4.78 is 0. The van der Waals surface area contributed by atoms with Gasteiger partial charge < -0.3 is 5.32 Å². The van der Waals surface area contributed by atoms with E-state index in [0.717, 1.165) is 31.1 Å². The lowest BCUT2D eigenvalue weighted by Crippen LogP contribution is -2.25.